The van der Waals surface area contributed by atoms with Crippen LogP contribution >= 0.6 is 0 Å². The minimum atomic E-state index is -1.10. The Morgan fingerprint density at radius 1 is 1.28 bits per heavy atom. The highest BCUT2D eigenvalue weighted by molar-refractivity contribution is 7.85. The van der Waals surface area contributed by atoms with Gasteiger partial charge < -0.3 is 14.7 Å². The Kier molecular flexibility index (Phi) is 4.56. The van der Waals surface area contributed by atoms with Crippen molar-refractivity contribution in [3.05, 3.63) is 22.3 Å². The van der Waals surface area contributed by atoms with Crippen LogP contribution in [0.25, 0.3) is 0 Å². The molecule has 2 aromatic rings. The van der Waals surface area contributed by atoms with Gasteiger partial charge in [-0.2, -0.15) is 14.9 Å². The van der Waals surface area contributed by atoms with E-state index in [-0.39, 0.29) is 18.0 Å². The van der Waals surface area contributed by atoms with E-state index in [0.29, 0.717) is 40.6 Å². The van der Waals surface area contributed by atoms with Gasteiger partial charge in [-0.1, -0.05) is 10.3 Å². The third-order valence-corrected chi connectivity index (χ3v) is 7.41. The maximum absolute atomic E-state index is 12.5. The van der Waals surface area contributed by atoms with Gasteiger partial charge in [0.05, 0.1) is 22.0 Å². The van der Waals surface area contributed by atoms with Crippen LogP contribution in [0.5, 0.6) is 0 Å². The zero-order chi connectivity index (χ0) is 20.0. The molecule has 4 heterocycles. The maximum atomic E-state index is 12.5. The lowest BCUT2D eigenvalue weighted by Gasteiger charge is -2.31. The molecule has 1 atom stereocenters. The standard InChI is InChI=1S/C18H23N7O3S/c1-11-20-16(28-24-11)12-2-7-25(8-3-12)17-21-13-4-9-29(27)14(13)15(22-17)23-18(5-6-18)10-19-26/h12H,2-10H2,1H3,(H,21,22,23). The zero-order valence-electron chi connectivity index (χ0n) is 16.3. The van der Waals surface area contributed by atoms with E-state index < -0.39 is 10.8 Å². The fourth-order valence-corrected chi connectivity index (χ4v) is 5.37. The van der Waals surface area contributed by atoms with Crippen LogP contribution in [0.15, 0.2) is 14.6 Å². The monoisotopic (exact) mass is 417 g/mol. The van der Waals surface area contributed by atoms with Gasteiger partial charge in [0.2, 0.25) is 11.8 Å². The summed E-state index contributed by atoms with van der Waals surface area (Å²) in [5, 5.41) is 10.3. The van der Waals surface area contributed by atoms with Crippen molar-refractivity contribution in [2.75, 3.05) is 35.6 Å². The number of nitroso groups, excluding NO2 is 1. The number of anilines is 2. The zero-order valence-corrected chi connectivity index (χ0v) is 17.1. The van der Waals surface area contributed by atoms with Crippen molar-refractivity contribution in [2.24, 2.45) is 5.18 Å². The van der Waals surface area contributed by atoms with Crippen molar-refractivity contribution in [3.63, 3.8) is 0 Å². The van der Waals surface area contributed by atoms with E-state index in [1.54, 1.807) is 0 Å². The second-order valence-electron chi connectivity index (χ2n) is 8.08. The Morgan fingerprint density at radius 2 is 2.07 bits per heavy atom. The van der Waals surface area contributed by atoms with E-state index in [1.807, 2.05) is 6.92 Å². The largest absolute Gasteiger partial charge is 0.361 e. The first-order chi connectivity index (χ1) is 14.1. The Labute approximate surface area is 170 Å². The van der Waals surface area contributed by atoms with Crippen LogP contribution in [0.4, 0.5) is 11.8 Å². The molecule has 154 valence electrons. The molecule has 5 rings (SSSR count). The normalized spacial score (nSPS) is 23.1. The highest BCUT2D eigenvalue weighted by Gasteiger charge is 2.45. The molecular weight excluding hydrogens is 394 g/mol. The van der Waals surface area contributed by atoms with Crippen molar-refractivity contribution in [3.8, 4) is 0 Å². The number of nitrogens with zero attached hydrogens (tertiary/aromatic N) is 6. The molecule has 1 saturated heterocycles. The van der Waals surface area contributed by atoms with Crippen LogP contribution in [0.2, 0.25) is 0 Å². The number of fused-ring (bicyclic) bond motifs is 1. The highest BCUT2D eigenvalue weighted by atomic mass is 32.2. The lowest BCUT2D eigenvalue weighted by Crippen LogP contribution is -2.35. The summed E-state index contributed by atoms with van der Waals surface area (Å²) in [4.78, 5) is 27.5. The fourth-order valence-electron chi connectivity index (χ4n) is 4.06. The van der Waals surface area contributed by atoms with Crippen LogP contribution in [-0.4, -0.2) is 55.2 Å². The first kappa shape index (κ1) is 18.6. The van der Waals surface area contributed by atoms with Crippen molar-refractivity contribution in [1.82, 2.24) is 20.1 Å². The van der Waals surface area contributed by atoms with E-state index in [0.717, 1.165) is 44.5 Å². The quantitative estimate of drug-likeness (QED) is 0.701. The molecule has 2 aromatic heterocycles. The summed E-state index contributed by atoms with van der Waals surface area (Å²) >= 11 is 0. The van der Waals surface area contributed by atoms with Gasteiger partial charge in [0.1, 0.15) is 17.3 Å². The van der Waals surface area contributed by atoms with Gasteiger partial charge in [-0.3, -0.25) is 4.21 Å². The molecule has 0 aromatic carbocycles. The molecule has 29 heavy (non-hydrogen) atoms. The van der Waals surface area contributed by atoms with Crippen LogP contribution in [0.3, 0.4) is 0 Å². The van der Waals surface area contributed by atoms with Gasteiger partial charge in [-0.15, -0.1) is 0 Å². The predicted molar refractivity (Wildman–Crippen MR) is 106 cm³/mol. The van der Waals surface area contributed by atoms with Gasteiger partial charge in [0, 0.05) is 31.2 Å². The predicted octanol–water partition coefficient (Wildman–Crippen LogP) is 1.93. The van der Waals surface area contributed by atoms with Crippen LogP contribution in [0, 0.1) is 11.8 Å². The number of rotatable bonds is 6. The van der Waals surface area contributed by atoms with Crippen LogP contribution in [0.1, 0.15) is 49.0 Å². The van der Waals surface area contributed by atoms with Crippen LogP contribution < -0.4 is 10.2 Å². The summed E-state index contributed by atoms with van der Waals surface area (Å²) < 4.78 is 17.8. The van der Waals surface area contributed by atoms with Crippen molar-refractivity contribution in [1.29, 1.82) is 0 Å². The van der Waals surface area contributed by atoms with Gasteiger partial charge in [-0.05, 0) is 32.6 Å². The summed E-state index contributed by atoms with van der Waals surface area (Å²) in [6.07, 6.45) is 4.19. The number of aryl methyl sites for hydroxylation is 2. The van der Waals surface area contributed by atoms with E-state index >= 15 is 0 Å². The number of aromatic nitrogens is 4. The molecule has 1 unspecified atom stereocenters. The first-order valence-electron chi connectivity index (χ1n) is 9.99. The Balaban J connectivity index is 1.38. The molecule has 3 aliphatic rings. The fraction of sp³-hybridized carbons (Fsp3) is 0.667. The summed E-state index contributed by atoms with van der Waals surface area (Å²) in [6.45, 7) is 3.59. The Hall–Kier alpha value is -2.43. The second kappa shape index (κ2) is 7.12. The van der Waals surface area contributed by atoms with Gasteiger partial charge in [0.15, 0.2) is 5.82 Å². The third kappa shape index (κ3) is 3.52. The number of hydrogen-bond donors (Lipinski definition) is 1. The number of nitrogens with one attached hydrogen (secondary N) is 1. The SMILES string of the molecule is Cc1noc(C2CCN(c3nc4c(c(NC5(CN=O)CC5)n3)S(=O)CC4)CC2)n1. The molecule has 0 radical (unpaired) electrons. The minimum absolute atomic E-state index is 0.197. The summed E-state index contributed by atoms with van der Waals surface area (Å²) in [6, 6.07) is 0. The molecule has 0 amide bonds. The van der Waals surface area contributed by atoms with Gasteiger partial charge >= 0.3 is 0 Å². The van der Waals surface area contributed by atoms with E-state index in [1.165, 1.54) is 0 Å². The van der Waals surface area contributed by atoms with Crippen molar-refractivity contribution >= 4 is 22.6 Å². The van der Waals surface area contributed by atoms with Gasteiger partial charge in [-0.25, -0.2) is 4.98 Å². The highest BCUT2D eigenvalue weighted by Crippen LogP contribution is 2.41. The summed E-state index contributed by atoms with van der Waals surface area (Å²) in [5.74, 6) is 3.44. The smallest absolute Gasteiger partial charge is 0.229 e. The molecule has 1 N–H and O–H groups in total. The molecule has 2 fully saturated rings. The molecule has 10 nitrogen and oxygen atoms in total. The van der Waals surface area contributed by atoms with Crippen molar-refractivity contribution < 1.29 is 8.73 Å². The Bertz CT molecular complexity index is 966. The Morgan fingerprint density at radius 3 is 2.72 bits per heavy atom. The second-order valence-corrected chi connectivity index (χ2v) is 9.59. The first-order valence-corrected chi connectivity index (χ1v) is 11.3. The molecule has 2 aliphatic heterocycles. The molecule has 0 spiro atoms. The molecule has 0 bridgehead atoms. The van der Waals surface area contributed by atoms with E-state index in [2.05, 4.69) is 25.5 Å². The number of hydrogen-bond acceptors (Lipinski definition) is 10. The van der Waals surface area contributed by atoms with E-state index in [9.17, 15) is 9.12 Å². The van der Waals surface area contributed by atoms with Crippen molar-refractivity contribution in [2.45, 2.75) is 55.4 Å². The average molecular weight is 417 g/mol. The lowest BCUT2D eigenvalue weighted by atomic mass is 9.97. The van der Waals surface area contributed by atoms with Gasteiger partial charge in [0.25, 0.3) is 0 Å². The topological polar surface area (TPSA) is 126 Å². The molecular formula is C18H23N7O3S. The lowest BCUT2D eigenvalue weighted by molar-refractivity contribution is 0.327. The van der Waals surface area contributed by atoms with E-state index in [4.69, 9.17) is 14.5 Å². The third-order valence-electron chi connectivity index (χ3n) is 5.95. The van der Waals surface area contributed by atoms with Crippen LogP contribution in [-0.2, 0) is 17.2 Å². The average Bonchev–Trinajstić information content (AvgIpc) is 3.15. The molecule has 11 heteroatoms. The molecule has 1 aliphatic carbocycles. The summed E-state index contributed by atoms with van der Waals surface area (Å²) in [5.41, 5.74) is 0.511. The minimum Gasteiger partial charge on any atom is -0.361 e. The maximum Gasteiger partial charge on any atom is 0.229 e. The molecule has 1 saturated carbocycles. The summed E-state index contributed by atoms with van der Waals surface area (Å²) in [7, 11) is -1.10. The number of piperidine rings is 1.